The average molecular weight is 248 g/mol. The van der Waals surface area contributed by atoms with E-state index in [1.807, 2.05) is 6.20 Å². The molecule has 0 amide bonds. The third kappa shape index (κ3) is 2.72. The largest absolute Gasteiger partial charge is 0.361 e. The minimum absolute atomic E-state index is 0.134. The van der Waals surface area contributed by atoms with Crippen LogP contribution < -0.4 is 5.32 Å². The molecule has 2 aromatic rings. The van der Waals surface area contributed by atoms with Crippen LogP contribution in [-0.2, 0) is 16.0 Å². The molecule has 2 N–H and O–H groups in total. The number of H-pyrrole nitrogens is 1. The first kappa shape index (κ1) is 13.1. The summed E-state index contributed by atoms with van der Waals surface area (Å²) in [5.74, 6) is 0. The van der Waals surface area contributed by atoms with Crippen molar-refractivity contribution in [2.45, 2.75) is 25.8 Å². The number of methoxy groups -OCH3 is 2. The highest BCUT2D eigenvalue weighted by molar-refractivity contribution is 5.82. The number of hydrogen-bond donors (Lipinski definition) is 2. The van der Waals surface area contributed by atoms with E-state index in [-0.39, 0.29) is 12.3 Å². The highest BCUT2D eigenvalue weighted by Gasteiger charge is 2.15. The molecule has 0 saturated heterocycles. The molecule has 0 saturated carbocycles. The van der Waals surface area contributed by atoms with Crippen LogP contribution in [0.25, 0.3) is 10.9 Å². The summed E-state index contributed by atoms with van der Waals surface area (Å²) < 4.78 is 10.5. The Morgan fingerprint density at radius 2 is 2.00 bits per heavy atom. The molecule has 1 aromatic carbocycles. The molecule has 18 heavy (non-hydrogen) atoms. The van der Waals surface area contributed by atoms with Crippen LogP contribution in [0.1, 0.15) is 12.5 Å². The molecule has 0 spiro atoms. The van der Waals surface area contributed by atoms with Gasteiger partial charge < -0.3 is 19.8 Å². The van der Waals surface area contributed by atoms with E-state index in [9.17, 15) is 0 Å². The molecule has 1 unspecified atom stereocenters. The van der Waals surface area contributed by atoms with Gasteiger partial charge in [0.2, 0.25) is 0 Å². The van der Waals surface area contributed by atoms with Gasteiger partial charge in [0, 0.05) is 37.9 Å². The zero-order chi connectivity index (χ0) is 13.0. The molecule has 2 rings (SSSR count). The maximum atomic E-state index is 5.23. The van der Waals surface area contributed by atoms with Crippen LogP contribution in [0, 0.1) is 0 Å². The van der Waals surface area contributed by atoms with E-state index in [0.717, 1.165) is 12.1 Å². The van der Waals surface area contributed by atoms with Crippen LogP contribution in [0.3, 0.4) is 0 Å². The first-order valence-electron chi connectivity index (χ1n) is 6.10. The zero-order valence-electron chi connectivity index (χ0n) is 11.1. The Labute approximate surface area is 107 Å². The number of hydrogen-bond acceptors (Lipinski definition) is 3. The van der Waals surface area contributed by atoms with E-state index < -0.39 is 0 Å². The molecule has 0 radical (unpaired) electrons. The van der Waals surface area contributed by atoms with Gasteiger partial charge in [-0.05, 0) is 24.6 Å². The quantitative estimate of drug-likeness (QED) is 0.771. The Balaban J connectivity index is 2.04. The molecule has 0 bridgehead atoms. The molecule has 0 fully saturated rings. The maximum absolute atomic E-state index is 5.23. The van der Waals surface area contributed by atoms with Crippen molar-refractivity contribution in [3.05, 3.63) is 36.0 Å². The molecule has 1 heterocycles. The van der Waals surface area contributed by atoms with Gasteiger partial charge in [-0.1, -0.05) is 12.1 Å². The third-order valence-electron chi connectivity index (χ3n) is 3.17. The summed E-state index contributed by atoms with van der Waals surface area (Å²) in [5.41, 5.74) is 2.43. The smallest absolute Gasteiger partial charge is 0.171 e. The van der Waals surface area contributed by atoms with Crippen molar-refractivity contribution in [3.8, 4) is 0 Å². The molecule has 0 aliphatic carbocycles. The van der Waals surface area contributed by atoms with Gasteiger partial charge >= 0.3 is 0 Å². The summed E-state index contributed by atoms with van der Waals surface area (Å²) in [6.45, 7) is 2.84. The van der Waals surface area contributed by atoms with Gasteiger partial charge in [0.25, 0.3) is 0 Å². The lowest BCUT2D eigenvalue weighted by atomic mass is 10.1. The summed E-state index contributed by atoms with van der Waals surface area (Å²) in [6.07, 6.45) is 1.74. The SMILES string of the molecule is COC(OC)C(C)NCc1cccc2[nH]ccc12. The Bertz CT molecular complexity index is 491. The summed E-state index contributed by atoms with van der Waals surface area (Å²) in [7, 11) is 3.30. The fourth-order valence-electron chi connectivity index (χ4n) is 2.18. The Hall–Kier alpha value is -1.36. The highest BCUT2D eigenvalue weighted by atomic mass is 16.7. The van der Waals surface area contributed by atoms with E-state index >= 15 is 0 Å². The van der Waals surface area contributed by atoms with Gasteiger partial charge in [-0.15, -0.1) is 0 Å². The number of rotatable bonds is 6. The molecule has 4 heteroatoms. The topological polar surface area (TPSA) is 46.3 Å². The van der Waals surface area contributed by atoms with Gasteiger partial charge in [0.1, 0.15) is 0 Å². The predicted octanol–water partition coefficient (Wildman–Crippen LogP) is 2.26. The molecule has 0 aliphatic heterocycles. The minimum atomic E-state index is -0.226. The molecule has 4 nitrogen and oxygen atoms in total. The van der Waals surface area contributed by atoms with Crippen LogP contribution in [0.15, 0.2) is 30.5 Å². The second kappa shape index (κ2) is 6.00. The predicted molar refractivity (Wildman–Crippen MR) is 72.4 cm³/mol. The number of benzene rings is 1. The van der Waals surface area contributed by atoms with Gasteiger partial charge in [-0.25, -0.2) is 0 Å². The van der Waals surface area contributed by atoms with Gasteiger partial charge in [0.05, 0.1) is 6.04 Å². The fourth-order valence-corrected chi connectivity index (χ4v) is 2.18. The fraction of sp³-hybridized carbons (Fsp3) is 0.429. The lowest BCUT2D eigenvalue weighted by Crippen LogP contribution is -2.39. The van der Waals surface area contributed by atoms with Crippen LogP contribution in [0.4, 0.5) is 0 Å². The number of ether oxygens (including phenoxy) is 2. The summed E-state index contributed by atoms with van der Waals surface area (Å²) in [6, 6.07) is 8.50. The summed E-state index contributed by atoms with van der Waals surface area (Å²) >= 11 is 0. The summed E-state index contributed by atoms with van der Waals surface area (Å²) in [4.78, 5) is 3.22. The van der Waals surface area contributed by atoms with Gasteiger partial charge in [-0.3, -0.25) is 0 Å². The second-order valence-electron chi connectivity index (χ2n) is 4.37. The monoisotopic (exact) mass is 248 g/mol. The molecular formula is C14H20N2O2. The van der Waals surface area contributed by atoms with E-state index in [1.54, 1.807) is 14.2 Å². The normalized spacial score (nSPS) is 13.3. The molecular weight excluding hydrogens is 228 g/mol. The Kier molecular flexibility index (Phi) is 4.36. The number of nitrogens with one attached hydrogen (secondary N) is 2. The lowest BCUT2D eigenvalue weighted by molar-refractivity contribution is -0.119. The van der Waals surface area contributed by atoms with Crippen LogP contribution in [0.5, 0.6) is 0 Å². The minimum Gasteiger partial charge on any atom is -0.361 e. The van der Waals surface area contributed by atoms with Crippen molar-refractivity contribution in [2.24, 2.45) is 0 Å². The van der Waals surface area contributed by atoms with Crippen molar-refractivity contribution < 1.29 is 9.47 Å². The number of aromatic amines is 1. The van der Waals surface area contributed by atoms with Crippen LogP contribution in [-0.4, -0.2) is 31.5 Å². The van der Waals surface area contributed by atoms with Crippen LogP contribution >= 0.6 is 0 Å². The standard InChI is InChI=1S/C14H20N2O2/c1-10(14(17-2)18-3)16-9-11-5-4-6-13-12(11)7-8-15-13/h4-8,10,14-16H,9H2,1-3H3. The second-order valence-corrected chi connectivity index (χ2v) is 4.37. The van der Waals surface area contributed by atoms with E-state index in [4.69, 9.17) is 9.47 Å². The molecule has 0 aliphatic rings. The number of aromatic nitrogens is 1. The maximum Gasteiger partial charge on any atom is 0.171 e. The average Bonchev–Trinajstić information content (AvgIpc) is 2.86. The molecule has 1 aromatic heterocycles. The highest BCUT2D eigenvalue weighted by Crippen LogP contribution is 2.17. The van der Waals surface area contributed by atoms with Crippen molar-refractivity contribution >= 4 is 10.9 Å². The zero-order valence-corrected chi connectivity index (χ0v) is 11.1. The Morgan fingerprint density at radius 1 is 1.22 bits per heavy atom. The van der Waals surface area contributed by atoms with Gasteiger partial charge in [0.15, 0.2) is 6.29 Å². The first-order chi connectivity index (χ1) is 8.76. The third-order valence-corrected chi connectivity index (χ3v) is 3.17. The van der Waals surface area contributed by atoms with Crippen molar-refractivity contribution in [2.75, 3.05) is 14.2 Å². The van der Waals surface area contributed by atoms with Crippen molar-refractivity contribution in [1.29, 1.82) is 0 Å². The molecule has 1 atom stereocenters. The lowest BCUT2D eigenvalue weighted by Gasteiger charge is -2.22. The van der Waals surface area contributed by atoms with E-state index in [1.165, 1.54) is 10.9 Å². The van der Waals surface area contributed by atoms with Gasteiger partial charge in [-0.2, -0.15) is 0 Å². The Morgan fingerprint density at radius 3 is 2.72 bits per heavy atom. The van der Waals surface area contributed by atoms with Crippen molar-refractivity contribution in [3.63, 3.8) is 0 Å². The van der Waals surface area contributed by atoms with Crippen LogP contribution in [0.2, 0.25) is 0 Å². The van der Waals surface area contributed by atoms with E-state index in [2.05, 4.69) is 41.5 Å². The number of fused-ring (bicyclic) bond motifs is 1. The van der Waals surface area contributed by atoms with E-state index in [0.29, 0.717) is 0 Å². The first-order valence-corrected chi connectivity index (χ1v) is 6.10. The van der Waals surface area contributed by atoms with Crippen molar-refractivity contribution in [1.82, 2.24) is 10.3 Å². The molecule has 98 valence electrons. The summed E-state index contributed by atoms with van der Waals surface area (Å²) in [5, 5.41) is 4.67.